The molecular formula is C28H30BrNO6. The molecule has 2 amide bonds. The van der Waals surface area contributed by atoms with E-state index in [9.17, 15) is 24.3 Å². The van der Waals surface area contributed by atoms with E-state index in [1.165, 1.54) is 12.0 Å². The van der Waals surface area contributed by atoms with Crippen LogP contribution in [0.4, 0.5) is 0 Å². The predicted molar refractivity (Wildman–Crippen MR) is 135 cm³/mol. The summed E-state index contributed by atoms with van der Waals surface area (Å²) in [6.45, 7) is 7.37. The Balaban J connectivity index is 1.76. The molecule has 2 fully saturated rings. The van der Waals surface area contributed by atoms with Crippen molar-refractivity contribution >= 4 is 39.3 Å². The molecule has 36 heavy (non-hydrogen) atoms. The molecule has 5 rings (SSSR count). The minimum atomic E-state index is -1.08. The summed E-state index contributed by atoms with van der Waals surface area (Å²) in [5.74, 6) is -2.76. The van der Waals surface area contributed by atoms with Crippen LogP contribution in [0.15, 0.2) is 39.4 Å². The molecule has 0 unspecified atom stereocenters. The lowest BCUT2D eigenvalue weighted by atomic mass is 9.46. The van der Waals surface area contributed by atoms with Gasteiger partial charge in [0, 0.05) is 18.4 Å². The number of aromatic hydroxyl groups is 1. The van der Waals surface area contributed by atoms with E-state index in [4.69, 9.17) is 4.74 Å². The number of phenols is 1. The van der Waals surface area contributed by atoms with Crippen molar-refractivity contribution in [3.8, 4) is 11.5 Å². The fourth-order valence-electron chi connectivity index (χ4n) is 7.25. The first-order chi connectivity index (χ1) is 17.0. The summed E-state index contributed by atoms with van der Waals surface area (Å²) in [6, 6.07) is 3.47. The van der Waals surface area contributed by atoms with Crippen LogP contribution in [-0.4, -0.2) is 47.0 Å². The number of halogens is 1. The minimum absolute atomic E-state index is 0.0545. The summed E-state index contributed by atoms with van der Waals surface area (Å²) in [4.78, 5) is 55.5. The molecule has 0 aromatic heterocycles. The fraction of sp³-hybridized carbons (Fsp3) is 0.500. The van der Waals surface area contributed by atoms with Gasteiger partial charge in [0.1, 0.15) is 0 Å². The minimum Gasteiger partial charge on any atom is -0.503 e. The number of carbonyl (C=O) groups is 4. The topological polar surface area (TPSA) is 101 Å². The van der Waals surface area contributed by atoms with Crippen LogP contribution in [0.3, 0.4) is 0 Å². The third-order valence-electron chi connectivity index (χ3n) is 9.18. The van der Waals surface area contributed by atoms with E-state index in [-0.39, 0.29) is 40.8 Å². The SMILES string of the molecule is CCN1C(=O)[C@H]2[C@H](CC=C3[C@H]2C[C@H]2C(=O)C(C)=C(C)C(=O)[C@@]2(C)[C@H]3c2cc(Br)c(O)c(OC)c2)C1=O. The predicted octanol–water partition coefficient (Wildman–Crippen LogP) is 4.33. The monoisotopic (exact) mass is 555 g/mol. The van der Waals surface area contributed by atoms with Gasteiger partial charge in [-0.1, -0.05) is 18.6 Å². The molecule has 7 nitrogen and oxygen atoms in total. The third kappa shape index (κ3) is 3.09. The van der Waals surface area contributed by atoms with E-state index >= 15 is 0 Å². The van der Waals surface area contributed by atoms with Crippen LogP contribution < -0.4 is 4.74 Å². The summed E-state index contributed by atoms with van der Waals surface area (Å²) < 4.78 is 5.82. The van der Waals surface area contributed by atoms with Gasteiger partial charge in [-0.3, -0.25) is 24.1 Å². The Morgan fingerprint density at radius 1 is 1.11 bits per heavy atom. The Bertz CT molecular complexity index is 1290. The van der Waals surface area contributed by atoms with Crippen LogP contribution in [0, 0.1) is 29.1 Å². The number of phenolic OH excluding ortho intramolecular Hbond substituents is 1. The van der Waals surface area contributed by atoms with Crippen molar-refractivity contribution in [3.05, 3.63) is 45.0 Å². The second-order valence-electron chi connectivity index (χ2n) is 10.6. The van der Waals surface area contributed by atoms with Crippen LogP contribution in [0.1, 0.15) is 52.0 Å². The molecule has 1 heterocycles. The Hall–Kier alpha value is -2.74. The Kier molecular flexibility index (Phi) is 5.82. The largest absolute Gasteiger partial charge is 0.503 e. The van der Waals surface area contributed by atoms with Crippen molar-refractivity contribution in [2.75, 3.05) is 13.7 Å². The van der Waals surface area contributed by atoms with E-state index in [1.54, 1.807) is 32.9 Å². The Morgan fingerprint density at radius 2 is 1.81 bits per heavy atom. The standard InChI is InChI=1S/C28H30BrNO6/c1-6-30-26(34)16-8-7-15-17(21(16)27(30)35)11-18-23(31)12(2)13(3)25(33)28(18,4)22(15)14-9-19(29)24(32)20(10-14)36-5/h7,9-10,16-18,21-22,32H,6,8,11H2,1-5H3/t16-,17+,18-,21-,22-,28+/m0/s1. The number of likely N-dealkylation sites (tertiary alicyclic amines) is 1. The molecule has 0 bridgehead atoms. The molecule has 0 spiro atoms. The van der Waals surface area contributed by atoms with E-state index in [2.05, 4.69) is 15.9 Å². The molecule has 4 aliphatic rings. The van der Waals surface area contributed by atoms with Gasteiger partial charge in [0.2, 0.25) is 11.8 Å². The smallest absolute Gasteiger partial charge is 0.233 e. The van der Waals surface area contributed by atoms with Crippen molar-refractivity contribution < 1.29 is 29.0 Å². The number of benzene rings is 1. The highest BCUT2D eigenvalue weighted by Crippen LogP contribution is 2.63. The van der Waals surface area contributed by atoms with Crippen LogP contribution in [0.2, 0.25) is 0 Å². The summed E-state index contributed by atoms with van der Waals surface area (Å²) >= 11 is 3.41. The number of amides is 2. The second kappa shape index (κ2) is 8.40. The molecule has 3 aliphatic carbocycles. The first kappa shape index (κ1) is 24.9. The molecule has 1 saturated heterocycles. The van der Waals surface area contributed by atoms with Crippen LogP contribution in [0.25, 0.3) is 0 Å². The highest BCUT2D eigenvalue weighted by molar-refractivity contribution is 9.10. The van der Waals surface area contributed by atoms with Crippen molar-refractivity contribution in [1.29, 1.82) is 0 Å². The zero-order valence-corrected chi connectivity index (χ0v) is 22.6. The van der Waals surface area contributed by atoms with Gasteiger partial charge in [-0.2, -0.15) is 0 Å². The number of ketones is 2. The molecule has 1 N–H and O–H groups in total. The lowest BCUT2D eigenvalue weighted by Gasteiger charge is -2.54. The first-order valence-electron chi connectivity index (χ1n) is 12.4. The maximum absolute atomic E-state index is 14.0. The van der Waals surface area contributed by atoms with E-state index < -0.39 is 29.1 Å². The van der Waals surface area contributed by atoms with Gasteiger partial charge in [0.05, 0.1) is 28.8 Å². The number of fused-ring (bicyclic) bond motifs is 4. The van der Waals surface area contributed by atoms with E-state index in [0.717, 1.165) is 11.1 Å². The van der Waals surface area contributed by atoms with Crippen LogP contribution >= 0.6 is 15.9 Å². The van der Waals surface area contributed by atoms with Crippen LogP contribution in [-0.2, 0) is 19.2 Å². The molecule has 0 radical (unpaired) electrons. The van der Waals surface area contributed by atoms with E-state index in [1.807, 2.05) is 13.0 Å². The average molecular weight is 556 g/mol. The number of allylic oxidation sites excluding steroid dienone is 4. The van der Waals surface area contributed by atoms with Crippen molar-refractivity contribution in [2.45, 2.75) is 46.5 Å². The molecule has 6 atom stereocenters. The third-order valence-corrected chi connectivity index (χ3v) is 9.79. The number of carbonyl (C=O) groups excluding carboxylic acids is 4. The summed E-state index contributed by atoms with van der Waals surface area (Å²) in [5.41, 5.74) is 1.49. The van der Waals surface area contributed by atoms with Gasteiger partial charge < -0.3 is 9.84 Å². The number of Topliss-reactive ketones (excluding diaryl/α,β-unsaturated/α-hetero) is 2. The van der Waals surface area contributed by atoms with Gasteiger partial charge in [0.15, 0.2) is 23.1 Å². The zero-order valence-electron chi connectivity index (χ0n) is 21.1. The van der Waals surface area contributed by atoms with Gasteiger partial charge in [-0.05, 0) is 84.3 Å². The van der Waals surface area contributed by atoms with Crippen molar-refractivity contribution in [2.24, 2.45) is 29.1 Å². The van der Waals surface area contributed by atoms with Gasteiger partial charge in [-0.25, -0.2) is 0 Å². The molecule has 8 heteroatoms. The first-order valence-corrected chi connectivity index (χ1v) is 13.2. The summed E-state index contributed by atoms with van der Waals surface area (Å²) in [5, 5.41) is 10.5. The molecule has 1 aliphatic heterocycles. The fourth-order valence-corrected chi connectivity index (χ4v) is 7.71. The number of hydrogen-bond donors (Lipinski definition) is 1. The number of imide groups is 1. The molecule has 1 saturated carbocycles. The van der Waals surface area contributed by atoms with Gasteiger partial charge in [0.25, 0.3) is 0 Å². The number of hydrogen-bond acceptors (Lipinski definition) is 6. The lowest BCUT2D eigenvalue weighted by molar-refractivity contribution is -0.143. The lowest BCUT2D eigenvalue weighted by Crippen LogP contribution is -2.55. The number of nitrogens with zero attached hydrogens (tertiary/aromatic N) is 1. The maximum atomic E-state index is 14.0. The van der Waals surface area contributed by atoms with Crippen molar-refractivity contribution in [1.82, 2.24) is 4.90 Å². The number of ether oxygens (including phenoxy) is 1. The van der Waals surface area contributed by atoms with E-state index in [0.29, 0.717) is 35.0 Å². The normalized spacial score (nSPS) is 33.9. The molecule has 190 valence electrons. The zero-order chi connectivity index (χ0) is 26.3. The Labute approximate surface area is 218 Å². The molecule has 1 aromatic carbocycles. The highest BCUT2D eigenvalue weighted by Gasteiger charge is 2.63. The van der Waals surface area contributed by atoms with Gasteiger partial charge >= 0.3 is 0 Å². The van der Waals surface area contributed by atoms with Crippen LogP contribution in [0.5, 0.6) is 11.5 Å². The quantitative estimate of drug-likeness (QED) is 0.440. The maximum Gasteiger partial charge on any atom is 0.233 e. The number of rotatable bonds is 3. The highest BCUT2D eigenvalue weighted by atomic mass is 79.9. The second-order valence-corrected chi connectivity index (χ2v) is 11.5. The molecular weight excluding hydrogens is 526 g/mol. The Morgan fingerprint density at radius 3 is 2.44 bits per heavy atom. The molecule has 1 aromatic rings. The van der Waals surface area contributed by atoms with Gasteiger partial charge in [-0.15, -0.1) is 0 Å². The average Bonchev–Trinajstić information content (AvgIpc) is 3.11. The summed E-state index contributed by atoms with van der Waals surface area (Å²) in [6.07, 6.45) is 2.79. The van der Waals surface area contributed by atoms with Crippen molar-refractivity contribution in [3.63, 3.8) is 0 Å². The number of methoxy groups -OCH3 is 1. The summed E-state index contributed by atoms with van der Waals surface area (Å²) in [7, 11) is 1.46.